The molecule has 1 fully saturated rings. The van der Waals surface area contributed by atoms with Crippen molar-refractivity contribution in [1.29, 1.82) is 0 Å². The smallest absolute Gasteiger partial charge is 0.126 e. The third kappa shape index (κ3) is 3.09. The first kappa shape index (κ1) is 16.0. The van der Waals surface area contributed by atoms with E-state index in [9.17, 15) is 0 Å². The van der Waals surface area contributed by atoms with Gasteiger partial charge in [0, 0.05) is 25.8 Å². The number of fused-ring (bicyclic) bond motifs is 1. The number of aryl methyl sites for hydroxylation is 1. The second-order valence-electron chi connectivity index (χ2n) is 6.85. The lowest BCUT2D eigenvalue weighted by Gasteiger charge is -2.27. The third-order valence-corrected chi connectivity index (χ3v) is 5.67. The number of aromatic nitrogens is 2. The molecule has 1 aromatic rings. The van der Waals surface area contributed by atoms with Gasteiger partial charge in [-0.1, -0.05) is 13.8 Å². The summed E-state index contributed by atoms with van der Waals surface area (Å²) in [5, 5.41) is 0. The SMILES string of the molecule is CCN(CC)CCN1CCC[C@@H]1c1nc2c(n1C)CCCC2. The lowest BCUT2D eigenvalue weighted by Crippen LogP contribution is -2.35. The fourth-order valence-corrected chi connectivity index (χ4v) is 4.20. The Morgan fingerprint density at radius 2 is 1.91 bits per heavy atom. The van der Waals surface area contributed by atoms with Crippen molar-refractivity contribution in [1.82, 2.24) is 19.4 Å². The molecule has 1 saturated heterocycles. The number of hydrogen-bond acceptors (Lipinski definition) is 3. The molecular weight excluding hydrogens is 272 g/mol. The lowest BCUT2D eigenvalue weighted by molar-refractivity contribution is 0.197. The summed E-state index contributed by atoms with van der Waals surface area (Å²) in [5.74, 6) is 1.34. The molecule has 0 radical (unpaired) electrons. The highest BCUT2D eigenvalue weighted by Crippen LogP contribution is 2.33. The van der Waals surface area contributed by atoms with Crippen molar-refractivity contribution in [3.8, 4) is 0 Å². The van der Waals surface area contributed by atoms with Crippen molar-refractivity contribution < 1.29 is 0 Å². The predicted molar refractivity (Wildman–Crippen MR) is 91.2 cm³/mol. The molecule has 1 aromatic heterocycles. The van der Waals surface area contributed by atoms with Crippen LogP contribution < -0.4 is 0 Å². The quantitative estimate of drug-likeness (QED) is 0.808. The van der Waals surface area contributed by atoms with Crippen molar-refractivity contribution in [2.75, 3.05) is 32.7 Å². The van der Waals surface area contributed by atoms with Crippen LogP contribution in [0.1, 0.15) is 62.8 Å². The van der Waals surface area contributed by atoms with Gasteiger partial charge in [0.2, 0.25) is 0 Å². The summed E-state index contributed by atoms with van der Waals surface area (Å²) in [7, 11) is 2.24. The van der Waals surface area contributed by atoms with Crippen molar-refractivity contribution >= 4 is 0 Å². The van der Waals surface area contributed by atoms with E-state index >= 15 is 0 Å². The summed E-state index contributed by atoms with van der Waals surface area (Å²) in [6, 6.07) is 0.547. The minimum atomic E-state index is 0.547. The number of imidazole rings is 1. The average molecular weight is 304 g/mol. The Bertz CT molecular complexity index is 490. The summed E-state index contributed by atoms with van der Waals surface area (Å²) in [6.45, 7) is 10.5. The first-order valence-corrected chi connectivity index (χ1v) is 9.25. The van der Waals surface area contributed by atoms with Crippen LogP contribution in [0.2, 0.25) is 0 Å². The van der Waals surface area contributed by atoms with E-state index in [0.29, 0.717) is 6.04 Å². The fraction of sp³-hybridized carbons (Fsp3) is 0.833. The van der Waals surface area contributed by atoms with Crippen molar-refractivity contribution in [2.24, 2.45) is 7.05 Å². The van der Waals surface area contributed by atoms with E-state index in [-0.39, 0.29) is 0 Å². The largest absolute Gasteiger partial charge is 0.334 e. The van der Waals surface area contributed by atoms with Crippen LogP contribution in [-0.2, 0) is 19.9 Å². The van der Waals surface area contributed by atoms with E-state index < -0.39 is 0 Å². The second-order valence-corrected chi connectivity index (χ2v) is 6.85. The van der Waals surface area contributed by atoms with Gasteiger partial charge >= 0.3 is 0 Å². The average Bonchev–Trinajstić information content (AvgIpc) is 3.13. The normalized spacial score (nSPS) is 22.5. The second kappa shape index (κ2) is 7.14. The van der Waals surface area contributed by atoms with E-state index in [1.807, 2.05) is 0 Å². The zero-order valence-corrected chi connectivity index (χ0v) is 14.6. The fourth-order valence-electron chi connectivity index (χ4n) is 4.20. The molecule has 0 N–H and O–H groups in total. The van der Waals surface area contributed by atoms with Crippen LogP contribution in [0.4, 0.5) is 0 Å². The summed E-state index contributed by atoms with van der Waals surface area (Å²) in [4.78, 5) is 10.3. The molecule has 0 saturated carbocycles. The zero-order valence-electron chi connectivity index (χ0n) is 14.6. The molecular formula is C18H32N4. The van der Waals surface area contributed by atoms with Crippen LogP contribution in [0.15, 0.2) is 0 Å². The van der Waals surface area contributed by atoms with Crippen molar-refractivity contribution in [3.05, 3.63) is 17.2 Å². The van der Waals surface area contributed by atoms with E-state index in [0.717, 1.165) is 13.1 Å². The van der Waals surface area contributed by atoms with Gasteiger partial charge in [0.1, 0.15) is 5.82 Å². The van der Waals surface area contributed by atoms with Gasteiger partial charge in [-0.2, -0.15) is 0 Å². The number of likely N-dealkylation sites (N-methyl/N-ethyl adjacent to an activating group) is 1. The van der Waals surface area contributed by atoms with Gasteiger partial charge < -0.3 is 9.47 Å². The maximum atomic E-state index is 5.06. The topological polar surface area (TPSA) is 24.3 Å². The number of hydrogen-bond donors (Lipinski definition) is 0. The summed E-state index contributed by atoms with van der Waals surface area (Å²) in [5.41, 5.74) is 2.90. The standard InChI is InChI=1S/C18H32N4/c1-4-21(5-2)13-14-22-12-8-11-17(22)18-19-15-9-6-7-10-16(15)20(18)3/h17H,4-14H2,1-3H3/t17-/m1/s1. The minimum absolute atomic E-state index is 0.547. The van der Waals surface area contributed by atoms with E-state index in [2.05, 4.69) is 35.3 Å². The lowest BCUT2D eigenvalue weighted by atomic mass is 10.0. The van der Waals surface area contributed by atoms with Crippen LogP contribution in [0, 0.1) is 0 Å². The molecule has 2 aliphatic rings. The summed E-state index contributed by atoms with van der Waals surface area (Å²) in [6.07, 6.45) is 7.67. The zero-order chi connectivity index (χ0) is 15.5. The molecule has 3 rings (SSSR count). The molecule has 0 unspecified atom stereocenters. The molecule has 0 amide bonds. The van der Waals surface area contributed by atoms with Gasteiger partial charge in [-0.3, -0.25) is 4.90 Å². The van der Waals surface area contributed by atoms with Gasteiger partial charge in [0.15, 0.2) is 0 Å². The van der Waals surface area contributed by atoms with Gasteiger partial charge in [-0.15, -0.1) is 0 Å². The molecule has 1 aliphatic heterocycles. The van der Waals surface area contributed by atoms with Gasteiger partial charge in [0.05, 0.1) is 11.7 Å². The number of nitrogens with zero attached hydrogens (tertiary/aromatic N) is 4. The molecule has 4 nitrogen and oxygen atoms in total. The molecule has 0 bridgehead atoms. The molecule has 124 valence electrons. The maximum Gasteiger partial charge on any atom is 0.126 e. The Hall–Kier alpha value is -0.870. The van der Waals surface area contributed by atoms with Crippen LogP contribution in [0.5, 0.6) is 0 Å². The monoisotopic (exact) mass is 304 g/mol. The van der Waals surface area contributed by atoms with Crippen LogP contribution >= 0.6 is 0 Å². The number of likely N-dealkylation sites (tertiary alicyclic amines) is 1. The van der Waals surface area contributed by atoms with Crippen molar-refractivity contribution in [2.45, 2.75) is 58.4 Å². The van der Waals surface area contributed by atoms with Gasteiger partial charge in [0.25, 0.3) is 0 Å². The van der Waals surface area contributed by atoms with Gasteiger partial charge in [-0.05, 0) is 58.2 Å². The highest BCUT2D eigenvalue weighted by atomic mass is 15.3. The Balaban J connectivity index is 1.71. The van der Waals surface area contributed by atoms with Gasteiger partial charge in [-0.25, -0.2) is 4.98 Å². The van der Waals surface area contributed by atoms with E-state index in [4.69, 9.17) is 4.98 Å². The third-order valence-electron chi connectivity index (χ3n) is 5.67. The first-order valence-electron chi connectivity index (χ1n) is 9.25. The molecule has 4 heteroatoms. The highest BCUT2D eigenvalue weighted by molar-refractivity contribution is 5.22. The van der Waals surface area contributed by atoms with E-state index in [1.165, 1.54) is 75.4 Å². The molecule has 0 spiro atoms. The number of rotatable bonds is 6. The molecule has 0 aromatic carbocycles. The van der Waals surface area contributed by atoms with Crippen molar-refractivity contribution in [3.63, 3.8) is 0 Å². The highest BCUT2D eigenvalue weighted by Gasteiger charge is 2.31. The Morgan fingerprint density at radius 3 is 2.64 bits per heavy atom. The predicted octanol–water partition coefficient (Wildman–Crippen LogP) is 2.78. The molecule has 22 heavy (non-hydrogen) atoms. The molecule has 1 atom stereocenters. The Labute approximate surface area is 135 Å². The maximum absolute atomic E-state index is 5.06. The Kier molecular flexibility index (Phi) is 5.19. The molecule has 2 heterocycles. The van der Waals surface area contributed by atoms with Crippen LogP contribution in [0.3, 0.4) is 0 Å². The first-order chi connectivity index (χ1) is 10.7. The van der Waals surface area contributed by atoms with E-state index in [1.54, 1.807) is 0 Å². The summed E-state index contributed by atoms with van der Waals surface area (Å²) < 4.78 is 2.43. The minimum Gasteiger partial charge on any atom is -0.334 e. The van der Waals surface area contributed by atoms with Crippen LogP contribution in [-0.4, -0.2) is 52.1 Å². The van der Waals surface area contributed by atoms with Crippen LogP contribution in [0.25, 0.3) is 0 Å². The molecule has 1 aliphatic carbocycles. The summed E-state index contributed by atoms with van der Waals surface area (Å²) >= 11 is 0. The Morgan fingerprint density at radius 1 is 1.14 bits per heavy atom.